The maximum absolute atomic E-state index is 2.26. The average molecular weight is 208 g/mol. The molecule has 1 aromatic rings. The van der Waals surface area contributed by atoms with Crippen molar-refractivity contribution in [3.05, 3.63) is 35.4 Å². The minimum absolute atomic E-state index is 0. The fraction of sp³-hybridized carbons (Fsp3) is 0.600. The second kappa shape index (κ2) is 9.76. The molecule has 0 N–H and O–H groups in total. The molecular weight excluding hydrogens is 180 g/mol. The van der Waals surface area contributed by atoms with E-state index in [-0.39, 0.29) is 7.43 Å². The van der Waals surface area contributed by atoms with Gasteiger partial charge >= 0.3 is 0 Å². The molecule has 0 heterocycles. The first kappa shape index (κ1) is 16.6. The Kier molecular flexibility index (Phi) is 10.8. The third-order valence-corrected chi connectivity index (χ3v) is 2.13. The predicted octanol–water partition coefficient (Wildman–Crippen LogP) is 5.56. The molecule has 0 amide bonds. The molecule has 1 saturated carbocycles. The van der Waals surface area contributed by atoms with Crippen LogP contribution in [0.2, 0.25) is 0 Å². The Bertz CT molecular complexity index is 216. The topological polar surface area (TPSA) is 0 Å². The zero-order valence-corrected chi connectivity index (χ0v) is 10.3. The first-order valence-corrected chi connectivity index (χ1v) is 5.93. The Labute approximate surface area is 96.7 Å². The van der Waals surface area contributed by atoms with E-state index in [1.807, 2.05) is 27.7 Å². The zero-order valence-electron chi connectivity index (χ0n) is 10.3. The maximum Gasteiger partial charge on any atom is -0.0162 e. The largest absolute Gasteiger partial charge is 0.0776 e. The summed E-state index contributed by atoms with van der Waals surface area (Å²) in [4.78, 5) is 0. The van der Waals surface area contributed by atoms with Gasteiger partial charge in [-0.2, -0.15) is 0 Å². The molecule has 0 spiro atoms. The molecule has 0 unspecified atom stereocenters. The van der Waals surface area contributed by atoms with E-state index in [4.69, 9.17) is 0 Å². The molecule has 2 rings (SSSR count). The normalized spacial score (nSPS) is 12.3. The zero-order chi connectivity index (χ0) is 11.0. The van der Waals surface area contributed by atoms with Crippen LogP contribution in [0.5, 0.6) is 0 Å². The van der Waals surface area contributed by atoms with Crippen molar-refractivity contribution in [3.63, 3.8) is 0 Å². The van der Waals surface area contributed by atoms with E-state index in [1.165, 1.54) is 24.0 Å². The summed E-state index contributed by atoms with van der Waals surface area (Å²) >= 11 is 0. The molecule has 0 bridgehead atoms. The van der Waals surface area contributed by atoms with E-state index in [2.05, 4.69) is 31.2 Å². The van der Waals surface area contributed by atoms with Crippen LogP contribution in [0, 0.1) is 6.92 Å². The van der Waals surface area contributed by atoms with E-state index < -0.39 is 0 Å². The van der Waals surface area contributed by atoms with Gasteiger partial charge in [0.15, 0.2) is 0 Å². The van der Waals surface area contributed by atoms with Gasteiger partial charge < -0.3 is 0 Å². The molecular formula is C15H28. The lowest BCUT2D eigenvalue weighted by Crippen LogP contribution is -1.77. The van der Waals surface area contributed by atoms with Crippen LogP contribution in [0.4, 0.5) is 0 Å². The lowest BCUT2D eigenvalue weighted by molar-refractivity contribution is 1.13. The minimum atomic E-state index is 0. The first-order valence-electron chi connectivity index (χ1n) is 5.93. The van der Waals surface area contributed by atoms with Gasteiger partial charge in [0, 0.05) is 0 Å². The second-order valence-electron chi connectivity index (χ2n) is 3.18. The third-order valence-electron chi connectivity index (χ3n) is 2.13. The Morgan fingerprint density at radius 2 is 1.27 bits per heavy atom. The molecule has 1 aliphatic carbocycles. The summed E-state index contributed by atoms with van der Waals surface area (Å²) in [5.74, 6) is 0.903. The van der Waals surface area contributed by atoms with Crippen molar-refractivity contribution in [2.24, 2.45) is 0 Å². The van der Waals surface area contributed by atoms with Crippen LogP contribution in [0.15, 0.2) is 24.3 Å². The highest BCUT2D eigenvalue weighted by Gasteiger charge is 2.22. The van der Waals surface area contributed by atoms with Gasteiger partial charge in [-0.15, -0.1) is 0 Å². The van der Waals surface area contributed by atoms with Gasteiger partial charge in [-0.3, -0.25) is 0 Å². The quantitative estimate of drug-likeness (QED) is 0.566. The lowest BCUT2D eigenvalue weighted by Gasteiger charge is -1.96. The van der Waals surface area contributed by atoms with Gasteiger partial charge in [0.2, 0.25) is 0 Å². The fourth-order valence-electron chi connectivity index (χ4n) is 1.26. The van der Waals surface area contributed by atoms with Crippen LogP contribution in [0.25, 0.3) is 0 Å². The third kappa shape index (κ3) is 6.33. The fourth-order valence-corrected chi connectivity index (χ4v) is 1.26. The second-order valence-corrected chi connectivity index (χ2v) is 3.18. The van der Waals surface area contributed by atoms with E-state index in [9.17, 15) is 0 Å². The van der Waals surface area contributed by atoms with Crippen molar-refractivity contribution < 1.29 is 0 Å². The summed E-state index contributed by atoms with van der Waals surface area (Å²) in [5, 5.41) is 0. The SMILES string of the molecule is C.CC.CC.Cc1ccc(C2CC2)cc1. The van der Waals surface area contributed by atoms with Crippen LogP contribution >= 0.6 is 0 Å². The summed E-state index contributed by atoms with van der Waals surface area (Å²) in [7, 11) is 0. The average Bonchev–Trinajstić information content (AvgIpc) is 3.09. The van der Waals surface area contributed by atoms with E-state index in [0.717, 1.165) is 5.92 Å². The first-order chi connectivity index (χ1) is 6.86. The Balaban J connectivity index is 0. The van der Waals surface area contributed by atoms with Crippen LogP contribution < -0.4 is 0 Å². The summed E-state index contributed by atoms with van der Waals surface area (Å²) < 4.78 is 0. The van der Waals surface area contributed by atoms with Crippen LogP contribution in [0.1, 0.15) is 65.0 Å². The van der Waals surface area contributed by atoms with Crippen LogP contribution in [0.3, 0.4) is 0 Å². The van der Waals surface area contributed by atoms with Crippen LogP contribution in [-0.4, -0.2) is 0 Å². The minimum Gasteiger partial charge on any atom is -0.0776 e. The van der Waals surface area contributed by atoms with Crippen molar-refractivity contribution in [1.82, 2.24) is 0 Å². The standard InChI is InChI=1S/C10H12.2C2H6.CH4/c1-8-2-4-9(5-3-8)10-6-7-10;2*1-2;/h2-5,10H,6-7H2,1H3;2*1-2H3;1H4. The van der Waals surface area contributed by atoms with Crippen molar-refractivity contribution >= 4 is 0 Å². The Hall–Kier alpha value is -0.780. The number of benzene rings is 1. The van der Waals surface area contributed by atoms with E-state index >= 15 is 0 Å². The lowest BCUT2D eigenvalue weighted by atomic mass is 10.1. The number of aryl methyl sites for hydroxylation is 1. The molecule has 0 heteroatoms. The van der Waals surface area contributed by atoms with Gasteiger partial charge in [-0.25, -0.2) is 0 Å². The molecule has 1 aliphatic rings. The van der Waals surface area contributed by atoms with Crippen molar-refractivity contribution in [2.45, 2.75) is 60.8 Å². The predicted molar refractivity (Wildman–Crippen MR) is 72.6 cm³/mol. The molecule has 0 atom stereocenters. The van der Waals surface area contributed by atoms with Gasteiger partial charge in [-0.1, -0.05) is 65.0 Å². The van der Waals surface area contributed by atoms with E-state index in [1.54, 1.807) is 0 Å². The summed E-state index contributed by atoms with van der Waals surface area (Å²) in [6, 6.07) is 8.92. The molecule has 1 fully saturated rings. The smallest absolute Gasteiger partial charge is 0.0162 e. The van der Waals surface area contributed by atoms with Gasteiger partial charge in [0.25, 0.3) is 0 Å². The van der Waals surface area contributed by atoms with Crippen molar-refractivity contribution in [3.8, 4) is 0 Å². The highest BCUT2D eigenvalue weighted by molar-refractivity contribution is 5.27. The Morgan fingerprint density at radius 3 is 1.60 bits per heavy atom. The van der Waals surface area contributed by atoms with Gasteiger partial charge in [0.05, 0.1) is 0 Å². The summed E-state index contributed by atoms with van der Waals surface area (Å²) in [6.07, 6.45) is 2.81. The van der Waals surface area contributed by atoms with Crippen molar-refractivity contribution in [2.75, 3.05) is 0 Å². The Morgan fingerprint density at radius 1 is 0.867 bits per heavy atom. The molecule has 0 aliphatic heterocycles. The number of rotatable bonds is 1. The van der Waals surface area contributed by atoms with Gasteiger partial charge in [0.1, 0.15) is 0 Å². The molecule has 15 heavy (non-hydrogen) atoms. The molecule has 0 nitrogen and oxygen atoms in total. The molecule has 1 aromatic carbocycles. The summed E-state index contributed by atoms with van der Waals surface area (Å²) in [5.41, 5.74) is 2.90. The van der Waals surface area contributed by atoms with E-state index in [0.29, 0.717) is 0 Å². The monoisotopic (exact) mass is 208 g/mol. The molecule has 88 valence electrons. The maximum atomic E-state index is 2.26. The molecule has 0 radical (unpaired) electrons. The molecule has 0 saturated heterocycles. The van der Waals surface area contributed by atoms with Crippen LogP contribution in [-0.2, 0) is 0 Å². The number of hydrogen-bond acceptors (Lipinski definition) is 0. The molecule has 0 aromatic heterocycles. The highest BCUT2D eigenvalue weighted by atomic mass is 14.3. The van der Waals surface area contributed by atoms with Crippen molar-refractivity contribution in [1.29, 1.82) is 0 Å². The van der Waals surface area contributed by atoms with Gasteiger partial charge in [-0.05, 0) is 31.2 Å². The highest BCUT2D eigenvalue weighted by Crippen LogP contribution is 2.39. The number of hydrogen-bond donors (Lipinski definition) is 0. The summed E-state index contributed by atoms with van der Waals surface area (Å²) in [6.45, 7) is 10.1.